The quantitative estimate of drug-likeness (QED) is 0.859. The Morgan fingerprint density at radius 3 is 2.54 bits per heavy atom. The fourth-order valence-electron chi connectivity index (χ4n) is 3.44. The van der Waals surface area contributed by atoms with Crippen molar-refractivity contribution in [2.45, 2.75) is 39.2 Å². The van der Waals surface area contributed by atoms with E-state index in [1.54, 1.807) is 18.3 Å². The van der Waals surface area contributed by atoms with Crippen molar-refractivity contribution >= 4 is 17.5 Å². The van der Waals surface area contributed by atoms with Gasteiger partial charge in [0.2, 0.25) is 0 Å². The molecule has 3 rings (SSSR count). The van der Waals surface area contributed by atoms with Crippen LogP contribution >= 0.6 is 0 Å². The van der Waals surface area contributed by atoms with Crippen LogP contribution in [0.3, 0.4) is 0 Å². The second-order valence-corrected chi connectivity index (χ2v) is 8.23. The van der Waals surface area contributed by atoms with E-state index in [4.69, 9.17) is 0 Å². The number of urea groups is 1. The van der Waals surface area contributed by atoms with E-state index in [-0.39, 0.29) is 17.5 Å². The first-order valence-electron chi connectivity index (χ1n) is 9.58. The highest BCUT2D eigenvalue weighted by Crippen LogP contribution is 2.24. The molecule has 0 saturated carbocycles. The topological polar surface area (TPSA) is 72.3 Å². The van der Waals surface area contributed by atoms with Crippen LogP contribution in [0.1, 0.15) is 38.8 Å². The Morgan fingerprint density at radius 1 is 1.21 bits per heavy atom. The minimum Gasteiger partial charge on any atom is -0.352 e. The van der Waals surface area contributed by atoms with Gasteiger partial charge in [-0.15, -0.1) is 0 Å². The molecular weight excluding hydrogens is 350 g/mol. The van der Waals surface area contributed by atoms with Gasteiger partial charge in [-0.3, -0.25) is 0 Å². The van der Waals surface area contributed by atoms with Crippen molar-refractivity contribution in [3.05, 3.63) is 53.7 Å². The number of hydrogen-bond acceptors (Lipinski definition) is 4. The molecule has 2 amide bonds. The Hall–Kier alpha value is -3.07. The van der Waals surface area contributed by atoms with E-state index < -0.39 is 0 Å². The van der Waals surface area contributed by atoms with Crippen molar-refractivity contribution in [2.75, 3.05) is 29.9 Å². The molecule has 6 heteroatoms. The first kappa shape index (κ1) is 19.7. The molecule has 1 saturated heterocycles. The van der Waals surface area contributed by atoms with E-state index in [9.17, 15) is 10.1 Å². The molecule has 0 spiro atoms. The Bertz CT molecular complexity index is 879. The molecule has 1 N–H and O–H groups in total. The predicted octanol–water partition coefficient (Wildman–Crippen LogP) is 3.99. The molecule has 28 heavy (non-hydrogen) atoms. The van der Waals surface area contributed by atoms with Crippen molar-refractivity contribution in [2.24, 2.45) is 0 Å². The summed E-state index contributed by atoms with van der Waals surface area (Å²) in [7, 11) is 0. The van der Waals surface area contributed by atoms with Gasteiger partial charge in [0.25, 0.3) is 0 Å². The third kappa shape index (κ3) is 4.25. The lowest BCUT2D eigenvalue weighted by Crippen LogP contribution is -2.55. The molecular formula is C22H27N5O. The average Bonchev–Trinajstić information content (AvgIpc) is 2.67. The van der Waals surface area contributed by atoms with Gasteiger partial charge in [0.1, 0.15) is 11.9 Å². The van der Waals surface area contributed by atoms with E-state index in [0.29, 0.717) is 31.0 Å². The van der Waals surface area contributed by atoms with E-state index in [0.717, 1.165) is 5.69 Å². The number of nitrogens with zero attached hydrogens (tertiary/aromatic N) is 4. The van der Waals surface area contributed by atoms with Crippen molar-refractivity contribution in [3.63, 3.8) is 0 Å². The second kappa shape index (κ2) is 7.89. The molecule has 146 valence electrons. The molecule has 1 atom stereocenters. The van der Waals surface area contributed by atoms with Crippen LogP contribution in [0.15, 0.2) is 42.6 Å². The molecule has 0 aliphatic carbocycles. The van der Waals surface area contributed by atoms with Crippen LogP contribution in [0.25, 0.3) is 0 Å². The monoisotopic (exact) mass is 377 g/mol. The number of amides is 2. The number of pyridine rings is 1. The van der Waals surface area contributed by atoms with Crippen LogP contribution in [0, 0.1) is 11.3 Å². The zero-order valence-corrected chi connectivity index (χ0v) is 16.9. The van der Waals surface area contributed by atoms with Gasteiger partial charge in [-0.05, 0) is 42.2 Å². The van der Waals surface area contributed by atoms with Gasteiger partial charge in [0.05, 0.1) is 5.56 Å². The molecule has 1 fully saturated rings. The van der Waals surface area contributed by atoms with Crippen molar-refractivity contribution in [1.82, 2.24) is 9.88 Å². The molecule has 0 bridgehead atoms. The number of nitriles is 1. The Kier molecular flexibility index (Phi) is 5.55. The van der Waals surface area contributed by atoms with Gasteiger partial charge in [-0.1, -0.05) is 32.9 Å². The first-order chi connectivity index (χ1) is 13.3. The first-order valence-corrected chi connectivity index (χ1v) is 9.58. The summed E-state index contributed by atoms with van der Waals surface area (Å²) in [6, 6.07) is 13.7. The summed E-state index contributed by atoms with van der Waals surface area (Å²) in [4.78, 5) is 21.0. The van der Waals surface area contributed by atoms with E-state index in [1.807, 2.05) is 24.0 Å². The largest absolute Gasteiger partial charge is 0.352 e. The van der Waals surface area contributed by atoms with Crippen LogP contribution in [-0.2, 0) is 5.41 Å². The average molecular weight is 377 g/mol. The fourth-order valence-corrected chi connectivity index (χ4v) is 3.44. The summed E-state index contributed by atoms with van der Waals surface area (Å²) in [6.45, 7) is 10.4. The third-order valence-electron chi connectivity index (χ3n) is 5.10. The van der Waals surface area contributed by atoms with Gasteiger partial charge in [-0.2, -0.15) is 5.26 Å². The lowest BCUT2D eigenvalue weighted by atomic mass is 9.87. The summed E-state index contributed by atoms with van der Waals surface area (Å²) in [5.41, 5.74) is 2.67. The lowest BCUT2D eigenvalue weighted by Gasteiger charge is -2.40. The summed E-state index contributed by atoms with van der Waals surface area (Å²) in [6.07, 6.45) is 1.70. The number of anilines is 2. The Balaban J connectivity index is 1.64. The van der Waals surface area contributed by atoms with Crippen LogP contribution in [0.4, 0.5) is 16.3 Å². The number of rotatable bonds is 2. The number of piperazine rings is 1. The van der Waals surface area contributed by atoms with E-state index in [1.165, 1.54) is 5.56 Å². The smallest absolute Gasteiger partial charge is 0.322 e. The second-order valence-electron chi connectivity index (χ2n) is 8.23. The predicted molar refractivity (Wildman–Crippen MR) is 111 cm³/mol. The summed E-state index contributed by atoms with van der Waals surface area (Å²) in [5, 5.41) is 12.3. The van der Waals surface area contributed by atoms with Gasteiger partial charge in [0, 0.05) is 37.6 Å². The zero-order chi connectivity index (χ0) is 20.3. The molecule has 1 aliphatic heterocycles. The molecule has 2 aromatic rings. The third-order valence-corrected chi connectivity index (χ3v) is 5.10. The van der Waals surface area contributed by atoms with Gasteiger partial charge in [0.15, 0.2) is 0 Å². The molecule has 0 radical (unpaired) electrons. The Morgan fingerprint density at radius 2 is 1.93 bits per heavy atom. The highest BCUT2D eigenvalue weighted by atomic mass is 16.2. The van der Waals surface area contributed by atoms with Gasteiger partial charge >= 0.3 is 6.03 Å². The number of carbonyl (C=O) groups excluding carboxylic acids is 1. The van der Waals surface area contributed by atoms with Crippen LogP contribution in [0.5, 0.6) is 0 Å². The molecule has 1 aliphatic rings. The normalized spacial score (nSPS) is 17.2. The summed E-state index contributed by atoms with van der Waals surface area (Å²) < 4.78 is 0. The van der Waals surface area contributed by atoms with Crippen LogP contribution in [0.2, 0.25) is 0 Å². The molecule has 1 unspecified atom stereocenters. The highest BCUT2D eigenvalue weighted by molar-refractivity contribution is 5.89. The number of nitrogens with one attached hydrogen (secondary N) is 1. The molecule has 6 nitrogen and oxygen atoms in total. The van der Waals surface area contributed by atoms with Crippen molar-refractivity contribution in [3.8, 4) is 6.07 Å². The van der Waals surface area contributed by atoms with Gasteiger partial charge < -0.3 is 15.1 Å². The fraction of sp³-hybridized carbons (Fsp3) is 0.409. The van der Waals surface area contributed by atoms with Crippen LogP contribution in [-0.4, -0.2) is 41.6 Å². The van der Waals surface area contributed by atoms with Crippen LogP contribution < -0.4 is 10.2 Å². The maximum atomic E-state index is 12.8. The van der Waals surface area contributed by atoms with E-state index >= 15 is 0 Å². The van der Waals surface area contributed by atoms with Crippen molar-refractivity contribution < 1.29 is 4.79 Å². The zero-order valence-electron chi connectivity index (χ0n) is 16.9. The minimum absolute atomic E-state index is 0.0103. The highest BCUT2D eigenvalue weighted by Gasteiger charge is 2.29. The molecule has 2 heterocycles. The maximum absolute atomic E-state index is 12.8. The number of carbonyl (C=O) groups is 1. The summed E-state index contributed by atoms with van der Waals surface area (Å²) in [5.74, 6) is 0.690. The SMILES string of the molecule is CC1CN(c2ncccc2C#N)CCN1C(=O)Nc1ccc(C(C)(C)C)cc1. The summed E-state index contributed by atoms with van der Waals surface area (Å²) >= 11 is 0. The minimum atomic E-state index is -0.0998. The Labute approximate surface area is 166 Å². The standard InChI is InChI=1S/C22H27N5O/c1-16-15-26(20-17(14-23)6-5-11-24-20)12-13-27(16)21(28)25-19-9-7-18(8-10-19)22(2,3)4/h5-11,16H,12-13,15H2,1-4H3,(H,25,28). The van der Waals surface area contributed by atoms with E-state index in [2.05, 4.69) is 54.2 Å². The number of aromatic nitrogens is 1. The maximum Gasteiger partial charge on any atom is 0.322 e. The lowest BCUT2D eigenvalue weighted by molar-refractivity contribution is 0.184. The van der Waals surface area contributed by atoms with Crippen molar-refractivity contribution in [1.29, 1.82) is 5.26 Å². The number of hydrogen-bond donors (Lipinski definition) is 1. The molecule has 1 aromatic heterocycles. The number of benzene rings is 1. The molecule has 1 aromatic carbocycles. The van der Waals surface area contributed by atoms with Gasteiger partial charge in [-0.25, -0.2) is 9.78 Å².